The molecule has 0 aliphatic heterocycles. The van der Waals surface area contributed by atoms with E-state index in [0.717, 1.165) is 25.7 Å². The normalized spacial score (nSPS) is 11.2. The topological polar surface area (TPSA) is 46.1 Å². The third-order valence-corrected chi connectivity index (χ3v) is 5.84. The molecule has 19 heavy (non-hydrogen) atoms. The molecule has 0 aromatic rings. The second-order valence-electron chi connectivity index (χ2n) is 3.84. The standard InChI is InChI=1S/2C5H9O.C5H5.CH3.Hf/c2*1-2-3-4-5-6;1-2-4-5-3-1;;/h2*2H,1,3-5H2;1-3H,4H2;1H3;/q2*-1;;;+2. The van der Waals surface area contributed by atoms with Crippen molar-refractivity contribution in [3.8, 4) is 0 Å². The molecule has 0 aromatic heterocycles. The maximum atomic E-state index is 9.64. The van der Waals surface area contributed by atoms with Gasteiger partial charge in [-0.05, 0) is 12.8 Å². The number of hydrogen-bond acceptors (Lipinski definition) is 2. The van der Waals surface area contributed by atoms with Crippen LogP contribution < -0.4 is 10.2 Å². The Morgan fingerprint density at radius 2 is 1.68 bits per heavy atom. The maximum absolute atomic E-state index is 9.64. The summed E-state index contributed by atoms with van der Waals surface area (Å²) < 4.78 is 4.14. The van der Waals surface area contributed by atoms with Gasteiger partial charge in [-0.25, -0.2) is 0 Å². The summed E-state index contributed by atoms with van der Waals surface area (Å²) in [5.74, 6) is 0. The molecule has 0 saturated heterocycles. The van der Waals surface area contributed by atoms with Crippen molar-refractivity contribution in [1.82, 2.24) is 0 Å². The van der Waals surface area contributed by atoms with E-state index in [2.05, 4.69) is 36.1 Å². The van der Waals surface area contributed by atoms with E-state index in [-0.39, 0.29) is 36.1 Å². The summed E-state index contributed by atoms with van der Waals surface area (Å²) in [5, 5.41) is 19.3. The first-order valence-electron chi connectivity index (χ1n) is 6.68. The fourth-order valence-electron chi connectivity index (χ4n) is 1.09. The van der Waals surface area contributed by atoms with Gasteiger partial charge in [0.05, 0.1) is 0 Å². The van der Waals surface area contributed by atoms with Crippen LogP contribution in [0.2, 0.25) is 4.68 Å². The predicted octanol–water partition coefficient (Wildman–Crippen LogP) is 2.59. The number of unbranched alkanes of at least 4 members (excludes halogenated alkanes) is 2. The molecule has 2 nitrogen and oxygen atoms in total. The zero-order chi connectivity index (χ0) is 14.8. The van der Waals surface area contributed by atoms with Gasteiger partial charge in [0.2, 0.25) is 0 Å². The third kappa shape index (κ3) is 20.2. The fraction of sp³-hybridized carbons (Fsp3) is 0.500. The van der Waals surface area contributed by atoms with Gasteiger partial charge in [0, 0.05) is 0 Å². The molecule has 0 bridgehead atoms. The Hall–Kier alpha value is -0.250. The summed E-state index contributed by atoms with van der Waals surface area (Å²) >= 11 is -0.221. The molecule has 0 atom stereocenters. The SMILES string of the molecule is C=CCCC[O-].C=CCCC[O-].[CH3][Hf+2][C]1=CC=CC1. The Morgan fingerprint density at radius 1 is 1.16 bits per heavy atom. The van der Waals surface area contributed by atoms with Crippen molar-refractivity contribution >= 4 is 0 Å². The molecule has 0 saturated carbocycles. The van der Waals surface area contributed by atoms with Crippen LogP contribution in [0.3, 0.4) is 0 Å². The van der Waals surface area contributed by atoms with Gasteiger partial charge in [0.15, 0.2) is 0 Å². The Labute approximate surface area is 130 Å². The van der Waals surface area contributed by atoms with E-state index in [0.29, 0.717) is 0 Å². The summed E-state index contributed by atoms with van der Waals surface area (Å²) in [6.45, 7) is 6.99. The Bertz CT molecular complexity index is 245. The Morgan fingerprint density at radius 3 is 1.84 bits per heavy atom. The summed E-state index contributed by atoms with van der Waals surface area (Å²) in [6, 6.07) is 0. The van der Waals surface area contributed by atoms with Gasteiger partial charge in [-0.2, -0.15) is 0 Å². The number of hydrogen-bond donors (Lipinski definition) is 0. The molecule has 106 valence electrons. The molecule has 0 fully saturated rings. The summed E-state index contributed by atoms with van der Waals surface area (Å²) in [5.41, 5.74) is 0. The first-order chi connectivity index (χ1) is 9.26. The first-order valence-corrected chi connectivity index (χ1v) is 12.1. The molecule has 0 radical (unpaired) electrons. The van der Waals surface area contributed by atoms with Crippen LogP contribution in [-0.4, -0.2) is 13.2 Å². The van der Waals surface area contributed by atoms with Crippen LogP contribution >= 0.6 is 0 Å². The molecule has 1 aliphatic rings. The molecule has 0 spiro atoms. The second kappa shape index (κ2) is 20.1. The zero-order valence-electron chi connectivity index (χ0n) is 12.1. The summed E-state index contributed by atoms with van der Waals surface area (Å²) in [6.07, 6.45) is 14.7. The molecule has 0 amide bonds. The van der Waals surface area contributed by atoms with Crippen molar-refractivity contribution < 1.29 is 33.1 Å². The molecule has 1 aliphatic carbocycles. The van der Waals surface area contributed by atoms with Crippen LogP contribution in [-0.2, 0) is 22.9 Å². The van der Waals surface area contributed by atoms with Crippen molar-refractivity contribution in [1.29, 1.82) is 0 Å². The third-order valence-electron chi connectivity index (χ3n) is 2.20. The average molecular weight is 429 g/mol. The van der Waals surface area contributed by atoms with E-state index in [4.69, 9.17) is 0 Å². The zero-order valence-corrected chi connectivity index (χ0v) is 15.7. The summed E-state index contributed by atoms with van der Waals surface area (Å²) in [7, 11) is 0. The minimum atomic E-state index is -0.221. The van der Waals surface area contributed by atoms with Gasteiger partial charge < -0.3 is 10.2 Å². The Kier molecular flexibility index (Phi) is 22.2. The minimum absolute atomic E-state index is 0.0337. The summed E-state index contributed by atoms with van der Waals surface area (Å²) in [4.78, 5) is 0. The van der Waals surface area contributed by atoms with Crippen LogP contribution in [0.5, 0.6) is 0 Å². The van der Waals surface area contributed by atoms with Gasteiger partial charge in [0.25, 0.3) is 0 Å². The van der Waals surface area contributed by atoms with E-state index in [9.17, 15) is 10.2 Å². The molecular weight excluding hydrogens is 403 g/mol. The molecule has 0 aromatic carbocycles. The predicted molar refractivity (Wildman–Crippen MR) is 76.3 cm³/mol. The van der Waals surface area contributed by atoms with Gasteiger partial charge in [-0.3, -0.25) is 0 Å². The molecule has 0 N–H and O–H groups in total. The van der Waals surface area contributed by atoms with Crippen molar-refractivity contribution in [2.24, 2.45) is 0 Å². The molecule has 0 unspecified atom stereocenters. The number of rotatable bonds is 7. The average Bonchev–Trinajstić information content (AvgIpc) is 2.97. The van der Waals surface area contributed by atoms with Crippen LogP contribution in [0.4, 0.5) is 0 Å². The van der Waals surface area contributed by atoms with Gasteiger partial charge in [-0.15, -0.1) is 26.4 Å². The van der Waals surface area contributed by atoms with Crippen molar-refractivity contribution in [3.63, 3.8) is 0 Å². The van der Waals surface area contributed by atoms with E-state index in [1.54, 1.807) is 15.5 Å². The van der Waals surface area contributed by atoms with Crippen molar-refractivity contribution in [2.75, 3.05) is 13.2 Å². The fourth-order valence-corrected chi connectivity index (χ4v) is 3.19. The van der Waals surface area contributed by atoms with Crippen LogP contribution in [0.25, 0.3) is 0 Å². The first kappa shape index (κ1) is 21.1. The van der Waals surface area contributed by atoms with Gasteiger partial charge >= 0.3 is 55.6 Å². The molecule has 3 heteroatoms. The van der Waals surface area contributed by atoms with E-state index >= 15 is 0 Å². The number of allylic oxidation sites excluding steroid dienone is 6. The quantitative estimate of drug-likeness (QED) is 0.355. The van der Waals surface area contributed by atoms with E-state index in [1.807, 2.05) is 0 Å². The van der Waals surface area contributed by atoms with Crippen molar-refractivity contribution in [3.05, 3.63) is 46.9 Å². The second-order valence-corrected chi connectivity index (χ2v) is 7.95. The molecular formula is C16H26HfO2. The van der Waals surface area contributed by atoms with Crippen molar-refractivity contribution in [2.45, 2.75) is 36.8 Å². The van der Waals surface area contributed by atoms with Crippen LogP contribution in [0, 0.1) is 0 Å². The monoisotopic (exact) mass is 430 g/mol. The van der Waals surface area contributed by atoms with E-state index in [1.165, 1.54) is 6.42 Å². The van der Waals surface area contributed by atoms with Gasteiger partial charge in [0.1, 0.15) is 0 Å². The van der Waals surface area contributed by atoms with E-state index < -0.39 is 0 Å². The molecule has 1 rings (SSSR count). The van der Waals surface area contributed by atoms with Crippen LogP contribution in [0.15, 0.2) is 46.9 Å². The Balaban J connectivity index is 0. The molecule has 0 heterocycles. The van der Waals surface area contributed by atoms with Gasteiger partial charge in [-0.1, -0.05) is 25.0 Å². The van der Waals surface area contributed by atoms with Crippen LogP contribution in [0.1, 0.15) is 32.1 Å².